The second-order valence-corrected chi connectivity index (χ2v) is 5.95. The van der Waals surface area contributed by atoms with Crippen molar-refractivity contribution in [3.8, 4) is 0 Å². The second kappa shape index (κ2) is 6.08. The van der Waals surface area contributed by atoms with Crippen molar-refractivity contribution >= 4 is 0 Å². The standard InChI is InChI=1S/C16H26/c1-14-10-6-5-7-12-15(16(2,3)4)13-9-8-11-14/h5,7-8,11,15H,1,6,9-10,12-13H2,2-4H3/b7-5-,11-8+. The van der Waals surface area contributed by atoms with Crippen molar-refractivity contribution in [1.29, 1.82) is 0 Å². The molecule has 1 atom stereocenters. The Labute approximate surface area is 101 Å². The van der Waals surface area contributed by atoms with Crippen LogP contribution in [0.4, 0.5) is 0 Å². The Morgan fingerprint density at radius 2 is 1.88 bits per heavy atom. The van der Waals surface area contributed by atoms with Crippen LogP contribution in [0.2, 0.25) is 0 Å². The number of allylic oxidation sites excluding steroid dienone is 5. The molecule has 1 unspecified atom stereocenters. The molecule has 0 saturated carbocycles. The maximum Gasteiger partial charge on any atom is -0.0250 e. The maximum absolute atomic E-state index is 4.07. The van der Waals surface area contributed by atoms with Gasteiger partial charge < -0.3 is 0 Å². The molecule has 0 aromatic carbocycles. The van der Waals surface area contributed by atoms with Crippen molar-refractivity contribution in [1.82, 2.24) is 0 Å². The van der Waals surface area contributed by atoms with Crippen LogP contribution in [-0.2, 0) is 0 Å². The third kappa shape index (κ3) is 4.83. The van der Waals surface area contributed by atoms with Gasteiger partial charge in [0, 0.05) is 0 Å². The molecule has 90 valence electrons. The summed E-state index contributed by atoms with van der Waals surface area (Å²) in [6.45, 7) is 11.1. The van der Waals surface area contributed by atoms with Crippen LogP contribution < -0.4 is 0 Å². The van der Waals surface area contributed by atoms with Gasteiger partial charge >= 0.3 is 0 Å². The van der Waals surface area contributed by atoms with Gasteiger partial charge in [-0.15, -0.1) is 0 Å². The zero-order valence-electron chi connectivity index (χ0n) is 11.1. The highest BCUT2D eigenvalue weighted by Crippen LogP contribution is 2.33. The van der Waals surface area contributed by atoms with Crippen LogP contribution in [0.5, 0.6) is 0 Å². The minimum atomic E-state index is 0.420. The highest BCUT2D eigenvalue weighted by atomic mass is 14.3. The first-order valence-corrected chi connectivity index (χ1v) is 6.49. The third-order valence-corrected chi connectivity index (χ3v) is 3.48. The van der Waals surface area contributed by atoms with Crippen LogP contribution in [-0.4, -0.2) is 0 Å². The molecule has 0 heterocycles. The van der Waals surface area contributed by atoms with Gasteiger partial charge in [0.1, 0.15) is 0 Å². The topological polar surface area (TPSA) is 0 Å². The summed E-state index contributed by atoms with van der Waals surface area (Å²) in [5, 5.41) is 0. The quantitative estimate of drug-likeness (QED) is 0.485. The molecule has 0 bridgehead atoms. The Morgan fingerprint density at radius 3 is 2.56 bits per heavy atom. The average Bonchev–Trinajstić information content (AvgIpc) is 2.22. The molecule has 0 radical (unpaired) electrons. The highest BCUT2D eigenvalue weighted by molar-refractivity contribution is 5.15. The molecule has 0 spiro atoms. The Kier molecular flexibility index (Phi) is 5.05. The van der Waals surface area contributed by atoms with Crippen LogP contribution in [0.3, 0.4) is 0 Å². The number of hydrogen-bond acceptors (Lipinski definition) is 0. The smallest absolute Gasteiger partial charge is 0.0250 e. The molecule has 0 saturated heterocycles. The van der Waals surface area contributed by atoms with E-state index >= 15 is 0 Å². The van der Waals surface area contributed by atoms with Crippen LogP contribution in [0.25, 0.3) is 0 Å². The predicted molar refractivity (Wildman–Crippen MR) is 73.5 cm³/mol. The summed E-state index contributed by atoms with van der Waals surface area (Å²) >= 11 is 0. The molecular weight excluding hydrogens is 192 g/mol. The zero-order valence-corrected chi connectivity index (χ0v) is 11.1. The minimum Gasteiger partial charge on any atom is -0.0958 e. The molecule has 1 aliphatic rings. The SMILES string of the molecule is C=C1/C=C/CCC(C(C)(C)C)C/C=C\CC1. The van der Waals surface area contributed by atoms with Gasteiger partial charge in [0.25, 0.3) is 0 Å². The van der Waals surface area contributed by atoms with Gasteiger partial charge in [-0.1, -0.05) is 57.2 Å². The number of rotatable bonds is 0. The zero-order chi connectivity index (χ0) is 12.0. The number of hydrogen-bond donors (Lipinski definition) is 0. The van der Waals surface area contributed by atoms with E-state index in [1.54, 1.807) is 0 Å². The first kappa shape index (κ1) is 13.3. The lowest BCUT2D eigenvalue weighted by Gasteiger charge is -2.29. The Bertz CT molecular complexity index is 273. The van der Waals surface area contributed by atoms with E-state index in [0.717, 1.165) is 18.8 Å². The van der Waals surface area contributed by atoms with Crippen molar-refractivity contribution in [2.45, 2.75) is 52.9 Å². The molecule has 0 nitrogen and oxygen atoms in total. The third-order valence-electron chi connectivity index (χ3n) is 3.48. The van der Waals surface area contributed by atoms with E-state index < -0.39 is 0 Å². The molecule has 0 aromatic rings. The van der Waals surface area contributed by atoms with Gasteiger partial charge in [-0.25, -0.2) is 0 Å². The lowest BCUT2D eigenvalue weighted by atomic mass is 9.76. The fourth-order valence-corrected chi connectivity index (χ4v) is 2.18. The summed E-state index contributed by atoms with van der Waals surface area (Å²) in [7, 11) is 0. The molecule has 0 aromatic heterocycles. The van der Waals surface area contributed by atoms with Crippen molar-refractivity contribution in [3.05, 3.63) is 36.5 Å². The van der Waals surface area contributed by atoms with Gasteiger partial charge in [0.05, 0.1) is 0 Å². The summed E-state index contributed by atoms with van der Waals surface area (Å²) in [5.74, 6) is 0.791. The van der Waals surface area contributed by atoms with Crippen molar-refractivity contribution < 1.29 is 0 Å². The normalized spacial score (nSPS) is 28.2. The average molecular weight is 218 g/mol. The molecule has 0 aliphatic heterocycles. The fourth-order valence-electron chi connectivity index (χ4n) is 2.18. The van der Waals surface area contributed by atoms with Crippen LogP contribution >= 0.6 is 0 Å². The van der Waals surface area contributed by atoms with E-state index in [1.807, 2.05) is 0 Å². The highest BCUT2D eigenvalue weighted by Gasteiger charge is 2.22. The van der Waals surface area contributed by atoms with Gasteiger partial charge in [-0.05, 0) is 43.4 Å². The van der Waals surface area contributed by atoms with Gasteiger partial charge in [-0.2, -0.15) is 0 Å². The molecule has 1 rings (SSSR count). The van der Waals surface area contributed by atoms with Crippen LogP contribution in [0.1, 0.15) is 52.9 Å². The molecule has 0 heteroatoms. The van der Waals surface area contributed by atoms with Crippen molar-refractivity contribution in [2.75, 3.05) is 0 Å². The van der Waals surface area contributed by atoms with Crippen LogP contribution in [0, 0.1) is 11.3 Å². The van der Waals surface area contributed by atoms with E-state index in [0.29, 0.717) is 5.41 Å². The lowest BCUT2D eigenvalue weighted by molar-refractivity contribution is 0.229. The summed E-state index contributed by atoms with van der Waals surface area (Å²) in [6.07, 6.45) is 15.1. The fraction of sp³-hybridized carbons (Fsp3) is 0.625. The van der Waals surface area contributed by atoms with Gasteiger partial charge in [0.2, 0.25) is 0 Å². The summed E-state index contributed by atoms with van der Waals surface area (Å²) in [6, 6.07) is 0. The summed E-state index contributed by atoms with van der Waals surface area (Å²) < 4.78 is 0. The molecule has 0 fully saturated rings. The van der Waals surface area contributed by atoms with E-state index in [4.69, 9.17) is 0 Å². The minimum absolute atomic E-state index is 0.420. The summed E-state index contributed by atoms with van der Waals surface area (Å²) in [4.78, 5) is 0. The molecule has 0 N–H and O–H groups in total. The van der Waals surface area contributed by atoms with Gasteiger partial charge in [-0.3, -0.25) is 0 Å². The molecule has 16 heavy (non-hydrogen) atoms. The van der Waals surface area contributed by atoms with E-state index in [9.17, 15) is 0 Å². The monoisotopic (exact) mass is 218 g/mol. The van der Waals surface area contributed by atoms with E-state index in [1.165, 1.54) is 24.8 Å². The Morgan fingerprint density at radius 1 is 1.12 bits per heavy atom. The second-order valence-electron chi connectivity index (χ2n) is 5.95. The first-order valence-electron chi connectivity index (χ1n) is 6.49. The molecule has 0 amide bonds. The largest absolute Gasteiger partial charge is 0.0958 e. The predicted octanol–water partition coefficient (Wildman–Crippen LogP) is 5.28. The Balaban J connectivity index is 2.65. The summed E-state index contributed by atoms with van der Waals surface area (Å²) in [5.41, 5.74) is 1.68. The van der Waals surface area contributed by atoms with E-state index in [2.05, 4.69) is 51.7 Å². The van der Waals surface area contributed by atoms with E-state index in [-0.39, 0.29) is 0 Å². The lowest BCUT2D eigenvalue weighted by Crippen LogP contribution is -2.19. The van der Waals surface area contributed by atoms with Crippen molar-refractivity contribution in [3.63, 3.8) is 0 Å². The van der Waals surface area contributed by atoms with Crippen molar-refractivity contribution in [2.24, 2.45) is 11.3 Å². The molecular formula is C16H26. The maximum atomic E-state index is 4.07. The molecule has 1 aliphatic carbocycles. The Hall–Kier alpha value is -0.780. The van der Waals surface area contributed by atoms with Gasteiger partial charge in [0.15, 0.2) is 0 Å². The first-order chi connectivity index (χ1) is 7.50. The van der Waals surface area contributed by atoms with Crippen LogP contribution in [0.15, 0.2) is 36.5 Å².